The van der Waals surface area contributed by atoms with Gasteiger partial charge in [0.15, 0.2) is 0 Å². The molecule has 0 aromatic rings. The van der Waals surface area contributed by atoms with Gasteiger partial charge in [-0.15, -0.1) is 0 Å². The highest BCUT2D eigenvalue weighted by Gasteiger charge is 2.50. The molecule has 3 aliphatic rings. The standard InChI is InChI=1S/C16H26O2S/c1-18-14(17)11-15(9-10-15)12-19-13-5-8-16(13)6-3-2-4-7-16/h13H,2-12H2,1H3. The molecule has 19 heavy (non-hydrogen) atoms. The highest BCUT2D eigenvalue weighted by atomic mass is 32.2. The third-order valence-electron chi connectivity index (χ3n) is 5.73. The molecule has 0 heterocycles. The largest absolute Gasteiger partial charge is 0.469 e. The van der Waals surface area contributed by atoms with Crippen molar-refractivity contribution in [3.63, 3.8) is 0 Å². The normalized spacial score (nSPS) is 30.7. The van der Waals surface area contributed by atoms with E-state index in [0.717, 1.165) is 5.25 Å². The fraction of sp³-hybridized carbons (Fsp3) is 0.938. The van der Waals surface area contributed by atoms with Gasteiger partial charge in [0.05, 0.1) is 13.5 Å². The maximum atomic E-state index is 11.5. The number of carbonyl (C=O) groups is 1. The predicted octanol–water partition coefficient (Wildman–Crippen LogP) is 4.18. The summed E-state index contributed by atoms with van der Waals surface area (Å²) in [6, 6.07) is 0. The smallest absolute Gasteiger partial charge is 0.306 e. The Morgan fingerprint density at radius 3 is 2.42 bits per heavy atom. The lowest BCUT2D eigenvalue weighted by molar-refractivity contribution is -0.141. The van der Waals surface area contributed by atoms with E-state index < -0.39 is 0 Å². The van der Waals surface area contributed by atoms with Crippen LogP contribution in [0.1, 0.15) is 64.2 Å². The molecule has 0 radical (unpaired) electrons. The van der Waals surface area contributed by atoms with Crippen LogP contribution < -0.4 is 0 Å². The Morgan fingerprint density at radius 1 is 1.16 bits per heavy atom. The predicted molar refractivity (Wildman–Crippen MR) is 79.3 cm³/mol. The zero-order valence-electron chi connectivity index (χ0n) is 12.1. The Bertz CT molecular complexity index is 343. The summed E-state index contributed by atoms with van der Waals surface area (Å²) in [6.07, 6.45) is 13.3. The summed E-state index contributed by atoms with van der Waals surface area (Å²) >= 11 is 2.18. The van der Waals surface area contributed by atoms with Gasteiger partial charge in [-0.1, -0.05) is 19.3 Å². The van der Waals surface area contributed by atoms with Crippen LogP contribution in [0.3, 0.4) is 0 Å². The highest BCUT2D eigenvalue weighted by molar-refractivity contribution is 8.00. The molecule has 0 aromatic heterocycles. The fourth-order valence-corrected chi connectivity index (χ4v) is 5.90. The summed E-state index contributed by atoms with van der Waals surface area (Å²) in [7, 11) is 1.51. The zero-order valence-corrected chi connectivity index (χ0v) is 12.9. The number of esters is 1. The molecule has 3 rings (SSSR count). The van der Waals surface area contributed by atoms with Crippen LogP contribution in [0.25, 0.3) is 0 Å². The molecule has 108 valence electrons. The number of rotatable bonds is 5. The first-order valence-electron chi connectivity index (χ1n) is 7.87. The molecule has 0 bridgehead atoms. The summed E-state index contributed by atoms with van der Waals surface area (Å²) in [6.45, 7) is 0. The number of carbonyl (C=O) groups excluding carboxylic acids is 1. The van der Waals surface area contributed by atoms with E-state index in [1.807, 2.05) is 0 Å². The van der Waals surface area contributed by atoms with Gasteiger partial charge in [-0.3, -0.25) is 4.79 Å². The number of methoxy groups -OCH3 is 1. The van der Waals surface area contributed by atoms with Crippen LogP contribution >= 0.6 is 11.8 Å². The Kier molecular flexibility index (Phi) is 3.85. The molecule has 1 unspecified atom stereocenters. The molecular weight excluding hydrogens is 256 g/mol. The first-order valence-corrected chi connectivity index (χ1v) is 8.91. The molecular formula is C16H26O2S. The van der Waals surface area contributed by atoms with E-state index in [9.17, 15) is 4.79 Å². The molecule has 2 nitrogen and oxygen atoms in total. The van der Waals surface area contributed by atoms with Crippen molar-refractivity contribution < 1.29 is 9.53 Å². The average Bonchev–Trinajstić information content (AvgIpc) is 3.18. The van der Waals surface area contributed by atoms with Gasteiger partial charge in [-0.05, 0) is 55.1 Å². The van der Waals surface area contributed by atoms with Crippen LogP contribution in [0.5, 0.6) is 0 Å². The average molecular weight is 282 g/mol. The molecule has 1 atom stereocenters. The third kappa shape index (κ3) is 2.81. The SMILES string of the molecule is COC(=O)CC1(CSC2CCC23CCCCC3)CC1. The first kappa shape index (κ1) is 13.8. The van der Waals surface area contributed by atoms with Crippen LogP contribution in [-0.2, 0) is 9.53 Å². The van der Waals surface area contributed by atoms with Crippen LogP contribution in [-0.4, -0.2) is 24.1 Å². The highest BCUT2D eigenvalue weighted by Crippen LogP contribution is 2.59. The Morgan fingerprint density at radius 2 is 1.89 bits per heavy atom. The van der Waals surface area contributed by atoms with Crippen molar-refractivity contribution in [1.82, 2.24) is 0 Å². The van der Waals surface area contributed by atoms with E-state index in [0.29, 0.717) is 17.3 Å². The quantitative estimate of drug-likeness (QED) is 0.708. The van der Waals surface area contributed by atoms with Gasteiger partial charge in [0.1, 0.15) is 0 Å². The number of hydrogen-bond donors (Lipinski definition) is 0. The zero-order chi connectivity index (χ0) is 13.3. The van der Waals surface area contributed by atoms with Gasteiger partial charge in [0, 0.05) is 5.25 Å². The molecule has 1 spiro atoms. The van der Waals surface area contributed by atoms with Crippen molar-refractivity contribution >= 4 is 17.7 Å². The molecule has 0 saturated heterocycles. The second kappa shape index (κ2) is 5.31. The van der Waals surface area contributed by atoms with Gasteiger partial charge in [0.2, 0.25) is 0 Å². The Labute approximate surface area is 121 Å². The lowest BCUT2D eigenvalue weighted by Crippen LogP contribution is -2.44. The first-order chi connectivity index (χ1) is 9.18. The lowest BCUT2D eigenvalue weighted by atomic mass is 9.60. The van der Waals surface area contributed by atoms with Gasteiger partial charge in [0.25, 0.3) is 0 Å². The summed E-state index contributed by atoms with van der Waals surface area (Å²) < 4.78 is 4.83. The topological polar surface area (TPSA) is 26.3 Å². The van der Waals surface area contributed by atoms with Gasteiger partial charge in [-0.25, -0.2) is 0 Å². The number of ether oxygens (including phenoxy) is 1. The van der Waals surface area contributed by atoms with Crippen LogP contribution in [0.4, 0.5) is 0 Å². The minimum atomic E-state index is -0.0147. The maximum absolute atomic E-state index is 11.5. The molecule has 0 aliphatic heterocycles. The number of hydrogen-bond acceptors (Lipinski definition) is 3. The van der Waals surface area contributed by atoms with E-state index >= 15 is 0 Å². The summed E-state index contributed by atoms with van der Waals surface area (Å²) in [5, 5.41) is 0.892. The van der Waals surface area contributed by atoms with E-state index in [1.54, 1.807) is 0 Å². The molecule has 3 aliphatic carbocycles. The second-order valence-corrected chi connectivity index (χ2v) is 8.21. The van der Waals surface area contributed by atoms with Crippen LogP contribution in [0.15, 0.2) is 0 Å². The van der Waals surface area contributed by atoms with E-state index in [1.165, 1.54) is 70.7 Å². The molecule has 0 aromatic carbocycles. The molecule has 0 amide bonds. The van der Waals surface area contributed by atoms with Crippen molar-refractivity contribution in [2.75, 3.05) is 12.9 Å². The monoisotopic (exact) mass is 282 g/mol. The number of thioether (sulfide) groups is 1. The van der Waals surface area contributed by atoms with E-state index in [-0.39, 0.29) is 5.97 Å². The Hall–Kier alpha value is -0.180. The molecule has 3 heteroatoms. The van der Waals surface area contributed by atoms with Gasteiger partial charge < -0.3 is 4.74 Å². The van der Waals surface area contributed by atoms with Crippen molar-refractivity contribution in [3.8, 4) is 0 Å². The van der Waals surface area contributed by atoms with E-state index in [2.05, 4.69) is 11.8 Å². The summed E-state index contributed by atoms with van der Waals surface area (Å²) in [5.41, 5.74) is 1.01. The molecule has 3 saturated carbocycles. The Balaban J connectivity index is 1.48. The van der Waals surface area contributed by atoms with Gasteiger partial charge in [-0.2, -0.15) is 11.8 Å². The van der Waals surface area contributed by atoms with Crippen LogP contribution in [0.2, 0.25) is 0 Å². The van der Waals surface area contributed by atoms with Crippen molar-refractivity contribution in [1.29, 1.82) is 0 Å². The van der Waals surface area contributed by atoms with Gasteiger partial charge >= 0.3 is 5.97 Å². The lowest BCUT2D eigenvalue weighted by Gasteiger charge is -2.52. The summed E-state index contributed by atoms with van der Waals surface area (Å²) in [4.78, 5) is 11.5. The minimum Gasteiger partial charge on any atom is -0.469 e. The minimum absolute atomic E-state index is 0.0147. The van der Waals surface area contributed by atoms with Crippen LogP contribution in [0, 0.1) is 10.8 Å². The van der Waals surface area contributed by atoms with Crippen molar-refractivity contribution in [2.24, 2.45) is 10.8 Å². The molecule has 0 N–H and O–H groups in total. The second-order valence-electron chi connectivity index (χ2n) is 7.01. The van der Waals surface area contributed by atoms with E-state index in [4.69, 9.17) is 4.74 Å². The third-order valence-corrected chi connectivity index (χ3v) is 7.65. The van der Waals surface area contributed by atoms with Crippen molar-refractivity contribution in [2.45, 2.75) is 69.5 Å². The van der Waals surface area contributed by atoms with Crippen molar-refractivity contribution in [3.05, 3.63) is 0 Å². The molecule has 3 fully saturated rings. The fourth-order valence-electron chi connectivity index (χ4n) is 3.96. The summed E-state index contributed by atoms with van der Waals surface area (Å²) in [5.74, 6) is 1.17. The maximum Gasteiger partial charge on any atom is 0.306 e.